The molecular weight excluding hydrogens is 194 g/mol. The molecule has 2 rings (SSSR count). The predicted molar refractivity (Wildman–Crippen MR) is 61.9 cm³/mol. The van der Waals surface area contributed by atoms with Crippen LogP contribution in [-0.4, -0.2) is 29.9 Å². The SMILES string of the molecule is ClCC1CCCCN1CC1CCCC1. The van der Waals surface area contributed by atoms with Crippen LogP contribution < -0.4 is 0 Å². The van der Waals surface area contributed by atoms with Crippen molar-refractivity contribution in [1.82, 2.24) is 4.90 Å². The summed E-state index contributed by atoms with van der Waals surface area (Å²) in [5, 5.41) is 0. The Hall–Kier alpha value is 0.250. The molecule has 0 aromatic rings. The summed E-state index contributed by atoms with van der Waals surface area (Å²) in [4.78, 5) is 2.66. The molecule has 0 N–H and O–H groups in total. The minimum atomic E-state index is 0.686. The average molecular weight is 216 g/mol. The maximum absolute atomic E-state index is 6.02. The van der Waals surface area contributed by atoms with Crippen molar-refractivity contribution < 1.29 is 0 Å². The van der Waals surface area contributed by atoms with Gasteiger partial charge in [0.25, 0.3) is 0 Å². The molecule has 14 heavy (non-hydrogen) atoms. The van der Waals surface area contributed by atoms with Crippen molar-refractivity contribution >= 4 is 11.6 Å². The van der Waals surface area contributed by atoms with E-state index in [0.717, 1.165) is 11.8 Å². The molecule has 2 heteroatoms. The number of nitrogens with zero attached hydrogens (tertiary/aromatic N) is 1. The number of hydrogen-bond donors (Lipinski definition) is 0. The van der Waals surface area contributed by atoms with Gasteiger partial charge in [-0.05, 0) is 38.1 Å². The zero-order valence-electron chi connectivity index (χ0n) is 9.05. The first kappa shape index (κ1) is 10.8. The Balaban J connectivity index is 1.81. The van der Waals surface area contributed by atoms with Crippen molar-refractivity contribution in [3.8, 4) is 0 Å². The molecule has 0 amide bonds. The Labute approximate surface area is 92.8 Å². The van der Waals surface area contributed by atoms with E-state index in [4.69, 9.17) is 11.6 Å². The Kier molecular flexibility index (Phi) is 4.12. The normalized spacial score (nSPS) is 31.1. The first-order valence-electron chi connectivity index (χ1n) is 6.20. The topological polar surface area (TPSA) is 3.24 Å². The summed E-state index contributed by atoms with van der Waals surface area (Å²) in [6.07, 6.45) is 9.96. The fourth-order valence-corrected chi connectivity index (χ4v) is 3.35. The highest BCUT2D eigenvalue weighted by atomic mass is 35.5. The zero-order chi connectivity index (χ0) is 9.80. The average Bonchev–Trinajstić information content (AvgIpc) is 2.71. The van der Waals surface area contributed by atoms with Crippen LogP contribution in [0.4, 0.5) is 0 Å². The van der Waals surface area contributed by atoms with Gasteiger partial charge in [-0.25, -0.2) is 0 Å². The lowest BCUT2D eigenvalue weighted by Crippen LogP contribution is -2.42. The fourth-order valence-electron chi connectivity index (χ4n) is 3.00. The highest BCUT2D eigenvalue weighted by Gasteiger charge is 2.25. The molecule has 0 aromatic carbocycles. The molecule has 1 saturated carbocycles. The molecule has 2 fully saturated rings. The second-order valence-corrected chi connectivity index (χ2v) is 5.26. The van der Waals surface area contributed by atoms with E-state index >= 15 is 0 Å². The zero-order valence-corrected chi connectivity index (χ0v) is 9.81. The maximum atomic E-state index is 6.02. The number of halogens is 1. The lowest BCUT2D eigenvalue weighted by Gasteiger charge is -2.36. The van der Waals surface area contributed by atoms with Crippen molar-refractivity contribution in [3.05, 3.63) is 0 Å². The van der Waals surface area contributed by atoms with Gasteiger partial charge in [0, 0.05) is 18.5 Å². The van der Waals surface area contributed by atoms with Crippen LogP contribution in [0.25, 0.3) is 0 Å². The monoisotopic (exact) mass is 215 g/mol. The molecule has 82 valence electrons. The highest BCUT2D eigenvalue weighted by molar-refractivity contribution is 6.18. The van der Waals surface area contributed by atoms with Crippen LogP contribution in [0.1, 0.15) is 44.9 Å². The van der Waals surface area contributed by atoms with E-state index in [1.54, 1.807) is 0 Å². The molecule has 0 aromatic heterocycles. The van der Waals surface area contributed by atoms with Gasteiger partial charge in [0.2, 0.25) is 0 Å². The molecule has 1 atom stereocenters. The Morgan fingerprint density at radius 1 is 1.00 bits per heavy atom. The van der Waals surface area contributed by atoms with E-state index in [9.17, 15) is 0 Å². The van der Waals surface area contributed by atoms with Gasteiger partial charge in [-0.1, -0.05) is 19.3 Å². The van der Waals surface area contributed by atoms with Crippen molar-refractivity contribution in [2.24, 2.45) is 5.92 Å². The molecule has 0 bridgehead atoms. The van der Waals surface area contributed by atoms with Crippen LogP contribution in [0.2, 0.25) is 0 Å². The molecule has 0 spiro atoms. The van der Waals surface area contributed by atoms with E-state index < -0.39 is 0 Å². The summed E-state index contributed by atoms with van der Waals surface area (Å²) in [7, 11) is 0. The maximum Gasteiger partial charge on any atom is 0.0379 e. The van der Waals surface area contributed by atoms with E-state index in [-0.39, 0.29) is 0 Å². The smallest absolute Gasteiger partial charge is 0.0379 e. The van der Waals surface area contributed by atoms with Gasteiger partial charge in [-0.3, -0.25) is 4.90 Å². The van der Waals surface area contributed by atoms with Gasteiger partial charge < -0.3 is 0 Å². The number of hydrogen-bond acceptors (Lipinski definition) is 1. The fraction of sp³-hybridized carbons (Fsp3) is 1.00. The first-order valence-corrected chi connectivity index (χ1v) is 6.73. The van der Waals surface area contributed by atoms with Crippen LogP contribution in [-0.2, 0) is 0 Å². The molecule has 1 saturated heterocycles. The van der Waals surface area contributed by atoms with E-state index in [0.29, 0.717) is 6.04 Å². The third kappa shape index (κ3) is 2.64. The van der Waals surface area contributed by atoms with Gasteiger partial charge in [-0.2, -0.15) is 0 Å². The van der Waals surface area contributed by atoms with E-state index in [1.807, 2.05) is 0 Å². The van der Waals surface area contributed by atoms with Gasteiger partial charge in [0.05, 0.1) is 0 Å². The molecule has 2 aliphatic rings. The standard InChI is InChI=1S/C12H22ClN/c13-9-12-7-3-4-8-14(12)10-11-5-1-2-6-11/h11-12H,1-10H2. The Bertz CT molecular complexity index is 166. The summed E-state index contributed by atoms with van der Waals surface area (Å²) in [5.74, 6) is 1.83. The van der Waals surface area contributed by atoms with E-state index in [2.05, 4.69) is 4.90 Å². The first-order chi connectivity index (χ1) is 6.90. The summed E-state index contributed by atoms with van der Waals surface area (Å²) >= 11 is 6.02. The summed E-state index contributed by atoms with van der Waals surface area (Å²) < 4.78 is 0. The summed E-state index contributed by atoms with van der Waals surface area (Å²) in [6, 6.07) is 0.686. The quantitative estimate of drug-likeness (QED) is 0.654. The van der Waals surface area contributed by atoms with Gasteiger partial charge in [-0.15, -0.1) is 11.6 Å². The summed E-state index contributed by atoms with van der Waals surface area (Å²) in [6.45, 7) is 2.63. The largest absolute Gasteiger partial charge is 0.299 e. The number of likely N-dealkylation sites (tertiary alicyclic amines) is 1. The summed E-state index contributed by atoms with van der Waals surface area (Å²) in [5.41, 5.74) is 0. The number of piperidine rings is 1. The van der Waals surface area contributed by atoms with Crippen LogP contribution in [0.5, 0.6) is 0 Å². The van der Waals surface area contributed by atoms with Crippen LogP contribution in [0.15, 0.2) is 0 Å². The molecule has 1 unspecified atom stereocenters. The Morgan fingerprint density at radius 2 is 1.71 bits per heavy atom. The third-order valence-corrected chi connectivity index (χ3v) is 4.25. The minimum absolute atomic E-state index is 0.686. The van der Waals surface area contributed by atoms with Crippen molar-refractivity contribution in [2.75, 3.05) is 19.0 Å². The third-order valence-electron chi connectivity index (χ3n) is 3.89. The van der Waals surface area contributed by atoms with Gasteiger partial charge >= 0.3 is 0 Å². The second-order valence-electron chi connectivity index (χ2n) is 4.95. The van der Waals surface area contributed by atoms with Crippen LogP contribution in [0.3, 0.4) is 0 Å². The molecule has 1 nitrogen and oxygen atoms in total. The predicted octanol–water partition coefficient (Wildman–Crippen LogP) is 3.27. The molecular formula is C12H22ClN. The number of rotatable bonds is 3. The molecule has 1 heterocycles. The lowest BCUT2D eigenvalue weighted by atomic mass is 10.00. The lowest BCUT2D eigenvalue weighted by molar-refractivity contribution is 0.139. The molecule has 0 radical (unpaired) electrons. The van der Waals surface area contributed by atoms with Crippen LogP contribution in [0, 0.1) is 5.92 Å². The minimum Gasteiger partial charge on any atom is -0.299 e. The highest BCUT2D eigenvalue weighted by Crippen LogP contribution is 2.28. The molecule has 1 aliphatic heterocycles. The van der Waals surface area contributed by atoms with Crippen molar-refractivity contribution in [3.63, 3.8) is 0 Å². The van der Waals surface area contributed by atoms with Crippen LogP contribution >= 0.6 is 11.6 Å². The second kappa shape index (κ2) is 5.37. The van der Waals surface area contributed by atoms with Crippen molar-refractivity contribution in [2.45, 2.75) is 51.0 Å². The van der Waals surface area contributed by atoms with Crippen molar-refractivity contribution in [1.29, 1.82) is 0 Å². The Morgan fingerprint density at radius 3 is 2.43 bits per heavy atom. The van der Waals surface area contributed by atoms with E-state index in [1.165, 1.54) is 58.0 Å². The van der Waals surface area contributed by atoms with Gasteiger partial charge in [0.15, 0.2) is 0 Å². The molecule has 1 aliphatic carbocycles. The number of alkyl halides is 1. The van der Waals surface area contributed by atoms with Gasteiger partial charge in [0.1, 0.15) is 0 Å².